The van der Waals surface area contributed by atoms with Gasteiger partial charge in [-0.3, -0.25) is 0 Å². The minimum absolute atomic E-state index is 0.422. The maximum Gasteiger partial charge on any atom is 0.0120 e. The molecule has 2 saturated heterocycles. The lowest BCUT2D eigenvalue weighted by molar-refractivity contribution is 0.0916. The summed E-state index contributed by atoms with van der Waals surface area (Å²) in [7, 11) is 0. The van der Waals surface area contributed by atoms with Crippen LogP contribution in [0.25, 0.3) is 0 Å². The van der Waals surface area contributed by atoms with Crippen LogP contribution in [0.5, 0.6) is 0 Å². The molecular weight excluding hydrogens is 234 g/mol. The molecule has 0 aromatic carbocycles. The monoisotopic (exact) mass is 267 g/mol. The average molecular weight is 267 g/mol. The van der Waals surface area contributed by atoms with Crippen LogP contribution >= 0.6 is 0 Å². The Morgan fingerprint density at radius 3 is 2.37 bits per heavy atom. The van der Waals surface area contributed by atoms with Crippen molar-refractivity contribution >= 4 is 0 Å². The van der Waals surface area contributed by atoms with E-state index in [9.17, 15) is 0 Å². The second-order valence-electron chi connectivity index (χ2n) is 6.48. The maximum atomic E-state index is 5.98. The molecule has 2 heterocycles. The van der Waals surface area contributed by atoms with Crippen molar-refractivity contribution in [2.45, 2.75) is 70.4 Å². The highest BCUT2D eigenvalue weighted by Crippen LogP contribution is 2.21. The van der Waals surface area contributed by atoms with Gasteiger partial charge >= 0.3 is 0 Å². The van der Waals surface area contributed by atoms with E-state index >= 15 is 0 Å². The number of likely N-dealkylation sites (tertiary alicyclic amines) is 2. The molecule has 2 N–H and O–H groups in total. The van der Waals surface area contributed by atoms with Gasteiger partial charge in [0.05, 0.1) is 0 Å². The third kappa shape index (κ3) is 5.05. The Morgan fingerprint density at radius 1 is 1.05 bits per heavy atom. The largest absolute Gasteiger partial charge is 0.328 e. The Bertz CT molecular complexity index is 230. The molecule has 112 valence electrons. The summed E-state index contributed by atoms with van der Waals surface area (Å²) in [6, 6.07) is 1.31. The van der Waals surface area contributed by atoms with Crippen molar-refractivity contribution < 1.29 is 0 Å². The van der Waals surface area contributed by atoms with Gasteiger partial charge in [0.15, 0.2) is 0 Å². The molecule has 0 aromatic heterocycles. The molecule has 1 unspecified atom stereocenters. The van der Waals surface area contributed by atoms with Gasteiger partial charge in [-0.1, -0.05) is 13.3 Å². The quantitative estimate of drug-likeness (QED) is 0.802. The molecule has 0 saturated carbocycles. The van der Waals surface area contributed by atoms with Crippen molar-refractivity contribution in [1.29, 1.82) is 0 Å². The summed E-state index contributed by atoms with van der Waals surface area (Å²) in [6.07, 6.45) is 10.7. The highest BCUT2D eigenvalue weighted by atomic mass is 15.2. The van der Waals surface area contributed by atoms with Crippen molar-refractivity contribution in [3.05, 3.63) is 0 Å². The molecule has 19 heavy (non-hydrogen) atoms. The molecule has 0 aliphatic carbocycles. The molecule has 0 bridgehead atoms. The fraction of sp³-hybridized carbons (Fsp3) is 1.00. The SMILES string of the molecule is CCC(N)CCCN1CCC(N2CCCCC2)CC1. The van der Waals surface area contributed by atoms with Gasteiger partial charge in [0.1, 0.15) is 0 Å². The zero-order valence-electron chi connectivity index (χ0n) is 12.8. The Morgan fingerprint density at radius 2 is 1.74 bits per heavy atom. The van der Waals surface area contributed by atoms with Gasteiger partial charge < -0.3 is 15.5 Å². The molecule has 0 amide bonds. The van der Waals surface area contributed by atoms with Gasteiger partial charge in [-0.05, 0) is 77.7 Å². The zero-order valence-corrected chi connectivity index (χ0v) is 12.8. The zero-order chi connectivity index (χ0) is 13.5. The van der Waals surface area contributed by atoms with Gasteiger partial charge in [-0.15, -0.1) is 0 Å². The standard InChI is InChI=1S/C16H33N3/c1-2-15(17)7-6-10-18-13-8-16(9-14-18)19-11-4-3-5-12-19/h15-16H,2-14,17H2,1H3. The van der Waals surface area contributed by atoms with Gasteiger partial charge in [0, 0.05) is 12.1 Å². The van der Waals surface area contributed by atoms with Gasteiger partial charge in [-0.2, -0.15) is 0 Å². The van der Waals surface area contributed by atoms with E-state index in [4.69, 9.17) is 5.73 Å². The lowest BCUT2D eigenvalue weighted by Crippen LogP contribution is -2.46. The molecule has 2 aliphatic rings. The van der Waals surface area contributed by atoms with E-state index in [0.29, 0.717) is 6.04 Å². The number of hydrogen-bond donors (Lipinski definition) is 1. The predicted octanol–water partition coefficient (Wildman–Crippen LogP) is 2.45. The highest BCUT2D eigenvalue weighted by Gasteiger charge is 2.25. The Balaban J connectivity index is 1.59. The van der Waals surface area contributed by atoms with Crippen LogP contribution < -0.4 is 5.73 Å². The fourth-order valence-corrected chi connectivity index (χ4v) is 3.57. The van der Waals surface area contributed by atoms with Crippen molar-refractivity contribution in [3.8, 4) is 0 Å². The molecule has 2 aliphatic heterocycles. The number of nitrogens with zero attached hydrogens (tertiary/aromatic N) is 2. The predicted molar refractivity (Wildman–Crippen MR) is 82.4 cm³/mol. The smallest absolute Gasteiger partial charge is 0.0120 e. The van der Waals surface area contributed by atoms with Crippen LogP contribution in [0.3, 0.4) is 0 Å². The normalized spacial score (nSPS) is 25.6. The van der Waals surface area contributed by atoms with E-state index in [2.05, 4.69) is 16.7 Å². The lowest BCUT2D eigenvalue weighted by atomic mass is 9.99. The molecule has 2 rings (SSSR count). The van der Waals surface area contributed by atoms with Crippen LogP contribution in [-0.4, -0.2) is 54.6 Å². The third-order valence-electron chi connectivity index (χ3n) is 5.04. The fourth-order valence-electron chi connectivity index (χ4n) is 3.57. The summed E-state index contributed by atoms with van der Waals surface area (Å²) in [5, 5.41) is 0. The Hall–Kier alpha value is -0.120. The van der Waals surface area contributed by atoms with Crippen LogP contribution in [0.1, 0.15) is 58.3 Å². The lowest BCUT2D eigenvalue weighted by Gasteiger charge is -2.40. The van der Waals surface area contributed by atoms with Crippen molar-refractivity contribution in [3.63, 3.8) is 0 Å². The molecule has 3 nitrogen and oxygen atoms in total. The first-order valence-corrected chi connectivity index (χ1v) is 8.51. The first-order valence-electron chi connectivity index (χ1n) is 8.51. The first kappa shape index (κ1) is 15.3. The van der Waals surface area contributed by atoms with E-state index in [1.54, 1.807) is 0 Å². The molecule has 0 radical (unpaired) electrons. The van der Waals surface area contributed by atoms with Crippen LogP contribution in [0.4, 0.5) is 0 Å². The number of hydrogen-bond acceptors (Lipinski definition) is 3. The Kier molecular flexibility index (Phi) is 6.62. The molecule has 3 heteroatoms. The van der Waals surface area contributed by atoms with Crippen LogP contribution in [0.2, 0.25) is 0 Å². The van der Waals surface area contributed by atoms with Crippen LogP contribution in [0.15, 0.2) is 0 Å². The maximum absolute atomic E-state index is 5.98. The summed E-state index contributed by atoms with van der Waals surface area (Å²) in [5.74, 6) is 0. The van der Waals surface area contributed by atoms with E-state index in [1.807, 2.05) is 0 Å². The molecule has 0 aromatic rings. The second-order valence-corrected chi connectivity index (χ2v) is 6.48. The average Bonchev–Trinajstić information content (AvgIpc) is 2.48. The molecule has 2 fully saturated rings. The Labute approximate surface area is 119 Å². The highest BCUT2D eigenvalue weighted by molar-refractivity contribution is 4.81. The summed E-state index contributed by atoms with van der Waals surface area (Å²) >= 11 is 0. The molecule has 1 atom stereocenters. The minimum atomic E-state index is 0.422. The third-order valence-corrected chi connectivity index (χ3v) is 5.04. The topological polar surface area (TPSA) is 32.5 Å². The van der Waals surface area contributed by atoms with Crippen LogP contribution in [0, 0.1) is 0 Å². The van der Waals surface area contributed by atoms with Crippen LogP contribution in [-0.2, 0) is 0 Å². The van der Waals surface area contributed by atoms with Crippen molar-refractivity contribution in [1.82, 2.24) is 9.80 Å². The summed E-state index contributed by atoms with van der Waals surface area (Å²) in [5.41, 5.74) is 5.98. The van der Waals surface area contributed by atoms with E-state index in [0.717, 1.165) is 12.5 Å². The van der Waals surface area contributed by atoms with Gasteiger partial charge in [0.2, 0.25) is 0 Å². The number of nitrogens with two attached hydrogens (primary N) is 1. The van der Waals surface area contributed by atoms with Crippen molar-refractivity contribution in [2.75, 3.05) is 32.7 Å². The summed E-state index contributed by atoms with van der Waals surface area (Å²) in [4.78, 5) is 5.41. The van der Waals surface area contributed by atoms with E-state index in [-0.39, 0.29) is 0 Å². The number of piperidine rings is 2. The van der Waals surface area contributed by atoms with Gasteiger partial charge in [-0.25, -0.2) is 0 Å². The van der Waals surface area contributed by atoms with Crippen molar-refractivity contribution in [2.24, 2.45) is 5.73 Å². The van der Waals surface area contributed by atoms with E-state index < -0.39 is 0 Å². The number of rotatable bonds is 6. The minimum Gasteiger partial charge on any atom is -0.328 e. The summed E-state index contributed by atoms with van der Waals surface area (Å²) < 4.78 is 0. The second kappa shape index (κ2) is 8.23. The molecule has 0 spiro atoms. The van der Waals surface area contributed by atoms with Gasteiger partial charge in [0.25, 0.3) is 0 Å². The molecular formula is C16H33N3. The summed E-state index contributed by atoms with van der Waals surface area (Å²) in [6.45, 7) is 8.78. The first-order chi connectivity index (χ1) is 9.29. The van der Waals surface area contributed by atoms with E-state index in [1.165, 1.54) is 77.7 Å².